The third kappa shape index (κ3) is 23.5. The predicted octanol–water partition coefficient (Wildman–Crippen LogP) is 20.3. The van der Waals surface area contributed by atoms with E-state index in [1.54, 1.807) is 4.70 Å². The normalized spacial score (nSPS) is 12.9. The first-order valence-corrected chi connectivity index (χ1v) is 27.9. The third-order valence-corrected chi connectivity index (χ3v) is 13.7. The Morgan fingerprint density at radius 3 is 0.934 bits per heavy atom. The Balaban J connectivity index is 0.00000241. The summed E-state index contributed by atoms with van der Waals surface area (Å²) in [6.07, 6.45) is 41.8. The molecule has 0 amide bonds. The van der Waals surface area contributed by atoms with Crippen LogP contribution < -0.4 is 0 Å². The number of hydrogen-bond donors (Lipinski definition) is 0. The average molecular weight is 882 g/mol. The minimum absolute atomic E-state index is 1.05. The summed E-state index contributed by atoms with van der Waals surface area (Å²) in [5.41, 5.74) is 25.3. The first-order valence-electron chi connectivity index (χ1n) is 26.5. The van der Waals surface area contributed by atoms with Crippen LogP contribution in [-0.4, -0.2) is 4.70 Å². The zero-order valence-electron chi connectivity index (χ0n) is 41.7. The molecule has 3 heteroatoms. The van der Waals surface area contributed by atoms with Gasteiger partial charge in [-0.25, -0.2) is 4.70 Å². The van der Waals surface area contributed by atoms with Crippen molar-refractivity contribution in [2.75, 3.05) is 0 Å². The minimum atomic E-state index is 1.05. The van der Waals surface area contributed by atoms with Gasteiger partial charge in [-0.05, 0) is 101 Å². The molecule has 0 fully saturated rings. The Hall–Kier alpha value is -1.99. The van der Waals surface area contributed by atoms with Gasteiger partial charge >= 0.3 is 39.1 Å². The maximum atomic E-state index is 12.5. The van der Waals surface area contributed by atoms with Crippen molar-refractivity contribution in [3.63, 3.8) is 0 Å². The molecule has 0 unspecified atom stereocenters. The number of benzene rings is 2. The van der Waals surface area contributed by atoms with Crippen molar-refractivity contribution in [1.82, 2.24) is 0 Å². The standard InChI is InChI=1S/C54H88N2.2C2H5.Ni/c1-7-11-15-17-19-20-21-22-23-24-25-26-27-28-30-34-38-52-51(37-33-29-18-16-12-8-2)53(49-41-45(5)39-47(43-49)35-31-13-9-3)56(55)54(52)50-42-46(6)40-48(44-50)36-32-14-10-4;2*1-2;/h39-44H,7-38H2,1-6H3;2*1H2,2H3;. The van der Waals surface area contributed by atoms with E-state index in [9.17, 15) is 5.53 Å². The molecular weight excluding hydrogens is 783 g/mol. The second-order valence-corrected chi connectivity index (χ2v) is 20.4. The van der Waals surface area contributed by atoms with Gasteiger partial charge in [0.2, 0.25) is 11.4 Å². The Kier molecular flexibility index (Phi) is 32.9. The first-order chi connectivity index (χ1) is 29.8. The zero-order valence-corrected chi connectivity index (χ0v) is 42.7. The van der Waals surface area contributed by atoms with Gasteiger partial charge in [0.1, 0.15) is 0 Å². The third-order valence-electron chi connectivity index (χ3n) is 12.7. The van der Waals surface area contributed by atoms with Crippen LogP contribution in [0.4, 0.5) is 0 Å². The van der Waals surface area contributed by atoms with E-state index in [2.05, 4.69) is 91.8 Å². The van der Waals surface area contributed by atoms with Crippen LogP contribution in [0.25, 0.3) is 16.9 Å². The SMILES string of the molecule is CCCCCCCCCCCCCCCCCCC1=C(c2cc(C)cc(CCCCC)c2)[N+](=[N-])C(c2cc(C)cc(CCCCC)c2)=C1CCCCCCCC.C[CH2][Ni][CH2]C. The van der Waals surface area contributed by atoms with E-state index in [0.717, 1.165) is 37.1 Å². The van der Waals surface area contributed by atoms with Crippen LogP contribution in [0.5, 0.6) is 0 Å². The number of nitrogens with zero attached hydrogens (tertiary/aromatic N) is 2. The summed E-state index contributed by atoms with van der Waals surface area (Å²) in [7, 11) is 0. The predicted molar refractivity (Wildman–Crippen MR) is 269 cm³/mol. The van der Waals surface area contributed by atoms with Gasteiger partial charge in [0, 0.05) is 22.3 Å². The summed E-state index contributed by atoms with van der Waals surface area (Å²) in [5.74, 6) is 0. The average Bonchev–Trinajstić information content (AvgIpc) is 3.52. The summed E-state index contributed by atoms with van der Waals surface area (Å²) >= 11 is 1.82. The van der Waals surface area contributed by atoms with E-state index in [1.807, 2.05) is 14.4 Å². The second kappa shape index (κ2) is 36.4. The van der Waals surface area contributed by atoms with Crippen LogP contribution in [0.2, 0.25) is 10.8 Å². The Labute approximate surface area is 386 Å². The Morgan fingerprint density at radius 2 is 0.639 bits per heavy atom. The van der Waals surface area contributed by atoms with E-state index in [0.29, 0.717) is 0 Å². The van der Waals surface area contributed by atoms with Crippen molar-refractivity contribution in [2.45, 2.75) is 272 Å². The molecule has 61 heavy (non-hydrogen) atoms. The molecule has 0 saturated heterocycles. The molecular formula is C58H98N2Ni. The molecule has 2 nitrogen and oxygen atoms in total. The van der Waals surface area contributed by atoms with Crippen LogP contribution in [0.15, 0.2) is 47.5 Å². The number of rotatable bonds is 36. The summed E-state index contributed by atoms with van der Waals surface area (Å²) in [6.45, 7) is 18.0. The maximum absolute atomic E-state index is 12.5. The van der Waals surface area contributed by atoms with Gasteiger partial charge in [-0.15, -0.1) is 0 Å². The van der Waals surface area contributed by atoms with Gasteiger partial charge in [-0.1, -0.05) is 205 Å². The van der Waals surface area contributed by atoms with Crippen LogP contribution in [-0.2, 0) is 27.3 Å². The van der Waals surface area contributed by atoms with Crippen molar-refractivity contribution in [2.24, 2.45) is 0 Å². The van der Waals surface area contributed by atoms with Crippen LogP contribution >= 0.6 is 0 Å². The van der Waals surface area contributed by atoms with Gasteiger partial charge in [-0.2, -0.15) is 0 Å². The quantitative estimate of drug-likeness (QED) is 0.0370. The molecule has 0 radical (unpaired) electrons. The van der Waals surface area contributed by atoms with Crippen LogP contribution in [0.1, 0.15) is 268 Å². The van der Waals surface area contributed by atoms with E-state index in [1.165, 1.54) is 235 Å². The summed E-state index contributed by atoms with van der Waals surface area (Å²) < 4.78 is 1.66. The molecule has 1 aliphatic rings. The zero-order chi connectivity index (χ0) is 44.3. The molecule has 1 heterocycles. The monoisotopic (exact) mass is 881 g/mol. The summed E-state index contributed by atoms with van der Waals surface area (Å²) in [6, 6.07) is 14.2. The van der Waals surface area contributed by atoms with E-state index < -0.39 is 0 Å². The molecule has 1 aliphatic heterocycles. The van der Waals surface area contributed by atoms with E-state index >= 15 is 0 Å². The molecule has 2 aromatic rings. The Bertz CT molecular complexity index is 1500. The molecule has 2 aromatic carbocycles. The summed E-state index contributed by atoms with van der Waals surface area (Å²) in [4.78, 5) is 0. The van der Waals surface area contributed by atoms with E-state index in [4.69, 9.17) is 0 Å². The fourth-order valence-electron chi connectivity index (χ4n) is 9.32. The molecule has 0 N–H and O–H groups in total. The fourth-order valence-corrected chi connectivity index (χ4v) is 9.81. The molecule has 0 saturated carbocycles. The second-order valence-electron chi connectivity index (χ2n) is 18.5. The summed E-state index contributed by atoms with van der Waals surface area (Å²) in [5, 5.41) is 2.56. The van der Waals surface area contributed by atoms with Crippen molar-refractivity contribution in [3.8, 4) is 0 Å². The fraction of sp³-hybridized carbons (Fsp3) is 0.724. The number of aryl methyl sites for hydroxylation is 4. The molecule has 0 atom stereocenters. The van der Waals surface area contributed by atoms with Crippen molar-refractivity contribution in [1.29, 1.82) is 0 Å². The molecule has 0 aliphatic carbocycles. The first kappa shape index (κ1) is 55.1. The van der Waals surface area contributed by atoms with Crippen LogP contribution in [0, 0.1) is 13.8 Å². The van der Waals surface area contributed by atoms with Gasteiger partial charge in [-0.3, -0.25) is 0 Å². The van der Waals surface area contributed by atoms with Gasteiger partial charge in [0.15, 0.2) is 0 Å². The van der Waals surface area contributed by atoms with Gasteiger partial charge in [0.05, 0.1) is 0 Å². The van der Waals surface area contributed by atoms with Crippen molar-refractivity contribution < 1.29 is 19.1 Å². The van der Waals surface area contributed by atoms with Crippen molar-refractivity contribution >= 4 is 11.4 Å². The molecule has 3 rings (SSSR count). The molecule has 0 spiro atoms. The van der Waals surface area contributed by atoms with Gasteiger partial charge in [0.25, 0.3) is 0 Å². The van der Waals surface area contributed by atoms with Crippen LogP contribution in [0.3, 0.4) is 0 Å². The van der Waals surface area contributed by atoms with E-state index in [-0.39, 0.29) is 0 Å². The molecule has 0 aromatic heterocycles. The number of hydrogen-bond acceptors (Lipinski definition) is 0. The molecule has 350 valence electrons. The number of unbranched alkanes of at least 4 members (excludes halogenated alkanes) is 24. The topological polar surface area (TPSA) is 25.3 Å². The Morgan fingerprint density at radius 1 is 0.361 bits per heavy atom. The van der Waals surface area contributed by atoms with Crippen molar-refractivity contribution in [3.05, 3.63) is 86.5 Å². The van der Waals surface area contributed by atoms with Gasteiger partial charge < -0.3 is 5.53 Å². The number of allylic oxidation sites excluding steroid dienone is 2. The molecule has 0 bridgehead atoms.